The summed E-state index contributed by atoms with van der Waals surface area (Å²) in [5.74, 6) is 0.154. The molecule has 2 N–H and O–H groups in total. The van der Waals surface area contributed by atoms with E-state index in [2.05, 4.69) is 25.9 Å². The number of carbonyl (C=O) groups excluding carboxylic acids is 1. The molecule has 4 aromatic rings. The Labute approximate surface area is 185 Å². The molecule has 2 aromatic heterocycles. The van der Waals surface area contributed by atoms with Gasteiger partial charge in [0.2, 0.25) is 4.96 Å². The third-order valence-electron chi connectivity index (χ3n) is 3.98. The predicted molar refractivity (Wildman–Crippen MR) is 120 cm³/mol. The van der Waals surface area contributed by atoms with Gasteiger partial charge < -0.3 is 10.1 Å². The molecule has 0 radical (unpaired) electrons. The van der Waals surface area contributed by atoms with Crippen molar-refractivity contribution in [2.45, 2.75) is 6.92 Å². The van der Waals surface area contributed by atoms with Crippen LogP contribution in [-0.2, 0) is 0 Å². The van der Waals surface area contributed by atoms with Gasteiger partial charge in [-0.2, -0.15) is 9.61 Å². The normalized spacial score (nSPS) is 10.7. The van der Waals surface area contributed by atoms with Crippen LogP contribution in [0.1, 0.15) is 17.3 Å². The van der Waals surface area contributed by atoms with Crippen LogP contribution in [0.4, 0.5) is 5.69 Å². The van der Waals surface area contributed by atoms with E-state index in [0.717, 1.165) is 10.6 Å². The van der Waals surface area contributed by atoms with Gasteiger partial charge in [0, 0.05) is 16.8 Å². The first-order chi connectivity index (χ1) is 14.5. The molecule has 0 atom stereocenters. The van der Waals surface area contributed by atoms with E-state index in [9.17, 15) is 4.79 Å². The number of nitrogens with one attached hydrogen (secondary N) is 2. The second-order valence-corrected chi connectivity index (χ2v) is 7.80. The molecule has 152 valence electrons. The van der Waals surface area contributed by atoms with Crippen LogP contribution in [0.25, 0.3) is 15.5 Å². The van der Waals surface area contributed by atoms with E-state index in [4.69, 9.17) is 28.6 Å². The largest absolute Gasteiger partial charge is 0.492 e. The molecule has 8 nitrogen and oxygen atoms in total. The van der Waals surface area contributed by atoms with Crippen molar-refractivity contribution < 1.29 is 9.53 Å². The van der Waals surface area contributed by atoms with Crippen LogP contribution >= 0.6 is 35.2 Å². The van der Waals surface area contributed by atoms with Gasteiger partial charge in [0.25, 0.3) is 5.91 Å². The number of nitrogens with zero attached hydrogens (tertiary/aromatic N) is 4. The van der Waals surface area contributed by atoms with Crippen LogP contribution in [0.3, 0.4) is 0 Å². The molecule has 30 heavy (non-hydrogen) atoms. The third kappa shape index (κ3) is 4.40. The van der Waals surface area contributed by atoms with E-state index in [1.54, 1.807) is 29.0 Å². The summed E-state index contributed by atoms with van der Waals surface area (Å²) in [5.41, 5.74) is 1.98. The van der Waals surface area contributed by atoms with Crippen molar-refractivity contribution in [2.75, 3.05) is 11.9 Å². The Balaban J connectivity index is 1.43. The SMILES string of the molecule is CCOc1ccc(C(=O)NC(=S)Nc2cccc(-c3nn4cnnc4s3)c2)cc1Cl. The molecule has 0 bridgehead atoms. The van der Waals surface area contributed by atoms with E-state index < -0.39 is 0 Å². The Morgan fingerprint density at radius 2 is 2.17 bits per heavy atom. The molecule has 0 aliphatic carbocycles. The first-order valence-electron chi connectivity index (χ1n) is 8.85. The first-order valence-corrected chi connectivity index (χ1v) is 10.5. The molecule has 2 aromatic carbocycles. The lowest BCUT2D eigenvalue weighted by molar-refractivity contribution is 0.0977. The number of aromatic nitrogens is 4. The minimum absolute atomic E-state index is 0.167. The van der Waals surface area contributed by atoms with Crippen molar-refractivity contribution >= 4 is 56.8 Å². The van der Waals surface area contributed by atoms with Gasteiger partial charge in [0.1, 0.15) is 17.1 Å². The van der Waals surface area contributed by atoms with Crippen LogP contribution in [-0.4, -0.2) is 37.4 Å². The van der Waals surface area contributed by atoms with E-state index in [1.807, 2.05) is 31.2 Å². The fourth-order valence-electron chi connectivity index (χ4n) is 2.66. The van der Waals surface area contributed by atoms with Crippen LogP contribution in [0, 0.1) is 0 Å². The number of rotatable bonds is 5. The van der Waals surface area contributed by atoms with Crippen LogP contribution in [0.5, 0.6) is 5.75 Å². The molecule has 0 fully saturated rings. The Morgan fingerprint density at radius 1 is 1.30 bits per heavy atom. The highest BCUT2D eigenvalue weighted by atomic mass is 35.5. The predicted octanol–water partition coefficient (Wildman–Crippen LogP) is 4.03. The van der Waals surface area contributed by atoms with Crippen molar-refractivity contribution in [1.82, 2.24) is 25.1 Å². The Hall–Kier alpha value is -3.08. The summed E-state index contributed by atoms with van der Waals surface area (Å²) in [4.78, 5) is 13.2. The molecule has 0 unspecified atom stereocenters. The van der Waals surface area contributed by atoms with Gasteiger partial charge in [-0.25, -0.2) is 0 Å². The number of amides is 1. The smallest absolute Gasteiger partial charge is 0.257 e. The fraction of sp³-hybridized carbons (Fsp3) is 0.105. The topological polar surface area (TPSA) is 93.4 Å². The zero-order chi connectivity index (χ0) is 21.1. The number of fused-ring (bicyclic) bond motifs is 1. The molecule has 2 heterocycles. The zero-order valence-corrected chi connectivity index (χ0v) is 18.0. The van der Waals surface area contributed by atoms with Crippen LogP contribution in [0.2, 0.25) is 5.02 Å². The second-order valence-electron chi connectivity index (χ2n) is 6.03. The summed E-state index contributed by atoms with van der Waals surface area (Å²) < 4.78 is 7.00. The van der Waals surface area contributed by atoms with Crippen LogP contribution < -0.4 is 15.4 Å². The van der Waals surface area contributed by atoms with Gasteiger partial charge in [-0.3, -0.25) is 10.1 Å². The highest BCUT2D eigenvalue weighted by Gasteiger charge is 2.12. The molecule has 4 rings (SSSR count). The molecular weight excluding hydrogens is 444 g/mol. The van der Waals surface area contributed by atoms with Gasteiger partial charge in [-0.05, 0) is 49.5 Å². The molecule has 0 saturated carbocycles. The third-order valence-corrected chi connectivity index (χ3v) is 5.44. The number of hydrogen-bond acceptors (Lipinski definition) is 7. The lowest BCUT2D eigenvalue weighted by Gasteiger charge is -2.11. The summed E-state index contributed by atoms with van der Waals surface area (Å²) in [6.07, 6.45) is 1.55. The molecule has 0 saturated heterocycles. The average Bonchev–Trinajstić information content (AvgIpc) is 3.32. The Morgan fingerprint density at radius 3 is 2.93 bits per heavy atom. The van der Waals surface area contributed by atoms with Gasteiger partial charge >= 0.3 is 0 Å². The summed E-state index contributed by atoms with van der Waals surface area (Å²) in [5, 5.41) is 19.2. The Bertz CT molecular complexity index is 1210. The van der Waals surface area contributed by atoms with Gasteiger partial charge in [-0.15, -0.1) is 10.2 Å². The van der Waals surface area contributed by atoms with E-state index >= 15 is 0 Å². The van der Waals surface area contributed by atoms with E-state index in [0.29, 0.717) is 33.6 Å². The highest BCUT2D eigenvalue weighted by molar-refractivity contribution is 7.80. The highest BCUT2D eigenvalue weighted by Crippen LogP contribution is 2.27. The number of thiocarbonyl (C=S) groups is 1. The molecule has 0 spiro atoms. The fourth-order valence-corrected chi connectivity index (χ4v) is 3.92. The quantitative estimate of drug-likeness (QED) is 0.436. The molecule has 0 aliphatic heterocycles. The molecule has 1 amide bonds. The average molecular weight is 459 g/mol. The van der Waals surface area contributed by atoms with Gasteiger partial charge in [0.15, 0.2) is 5.11 Å². The van der Waals surface area contributed by atoms with Crippen molar-refractivity contribution in [3.63, 3.8) is 0 Å². The number of carbonyl (C=O) groups is 1. The van der Waals surface area contributed by atoms with Crippen LogP contribution in [0.15, 0.2) is 48.8 Å². The van der Waals surface area contributed by atoms with Crippen molar-refractivity contribution in [3.8, 4) is 16.3 Å². The lowest BCUT2D eigenvalue weighted by Crippen LogP contribution is -2.34. The number of halogens is 1. The summed E-state index contributed by atoms with van der Waals surface area (Å²) in [7, 11) is 0. The number of ether oxygens (including phenoxy) is 1. The number of benzene rings is 2. The maximum Gasteiger partial charge on any atom is 0.257 e. The second kappa shape index (κ2) is 8.74. The minimum Gasteiger partial charge on any atom is -0.492 e. The molecule has 0 aliphatic rings. The monoisotopic (exact) mass is 458 g/mol. The molecule has 11 heteroatoms. The molecular formula is C19H15ClN6O2S2. The van der Waals surface area contributed by atoms with Gasteiger partial charge in [-0.1, -0.05) is 35.1 Å². The van der Waals surface area contributed by atoms with E-state index in [1.165, 1.54) is 11.3 Å². The van der Waals surface area contributed by atoms with Crippen molar-refractivity contribution in [3.05, 3.63) is 59.4 Å². The summed E-state index contributed by atoms with van der Waals surface area (Å²) >= 11 is 12.8. The number of hydrogen-bond donors (Lipinski definition) is 2. The first kappa shape index (κ1) is 20.2. The van der Waals surface area contributed by atoms with E-state index in [-0.39, 0.29) is 11.0 Å². The maximum atomic E-state index is 12.5. The summed E-state index contributed by atoms with van der Waals surface area (Å²) in [6.45, 7) is 2.35. The lowest BCUT2D eigenvalue weighted by atomic mass is 10.2. The van der Waals surface area contributed by atoms with Gasteiger partial charge in [0.05, 0.1) is 11.6 Å². The number of anilines is 1. The van der Waals surface area contributed by atoms with Crippen molar-refractivity contribution in [2.24, 2.45) is 0 Å². The Kier molecular flexibility index (Phi) is 5.88. The minimum atomic E-state index is -0.373. The standard InChI is InChI=1S/C19H15ClN6O2S2/c1-2-28-15-7-6-11(9-14(15)20)16(27)23-18(29)22-13-5-3-4-12(8-13)17-25-26-10-21-24-19(26)30-17/h3-10H,2H2,1H3,(H2,22,23,27,29). The summed E-state index contributed by atoms with van der Waals surface area (Å²) in [6, 6.07) is 12.4. The zero-order valence-electron chi connectivity index (χ0n) is 15.6. The van der Waals surface area contributed by atoms with Crippen molar-refractivity contribution in [1.29, 1.82) is 0 Å². The maximum absolute atomic E-state index is 12.5.